The minimum Gasteiger partial charge on any atom is -0.323 e. The molecule has 0 amide bonds. The van der Waals surface area contributed by atoms with Gasteiger partial charge in [0, 0.05) is 17.0 Å². The van der Waals surface area contributed by atoms with E-state index < -0.39 is 0 Å². The van der Waals surface area contributed by atoms with Crippen molar-refractivity contribution >= 4 is 11.8 Å². The Bertz CT molecular complexity index is 524. The predicted molar refractivity (Wildman–Crippen MR) is 89.9 cm³/mol. The number of hydrogen-bond donors (Lipinski definition) is 1. The largest absolute Gasteiger partial charge is 0.323 e. The maximum absolute atomic E-state index is 6.42. The van der Waals surface area contributed by atoms with Crippen LogP contribution in [0.2, 0.25) is 0 Å². The predicted octanol–water partition coefficient (Wildman–Crippen LogP) is 4.71. The Balaban J connectivity index is 1.99. The molecule has 0 aromatic heterocycles. The number of rotatable bonds is 6. The molecule has 0 aliphatic heterocycles. The molecule has 106 valence electrons. The monoisotopic (exact) mass is 285 g/mol. The van der Waals surface area contributed by atoms with E-state index in [0.717, 1.165) is 12.2 Å². The van der Waals surface area contributed by atoms with Gasteiger partial charge < -0.3 is 5.73 Å². The number of benzene rings is 2. The fraction of sp³-hybridized carbons (Fsp3) is 0.333. The van der Waals surface area contributed by atoms with Gasteiger partial charge in [-0.1, -0.05) is 67.1 Å². The maximum atomic E-state index is 6.42. The molecular formula is C18H23NS. The standard InChI is InChI=1S/C18H23NS/c1-3-17(18(19)16-10-5-4-6-11-16)20-13-15-9-7-8-14(2)12-15/h4-12,17-18H,3,13,19H2,1-2H3. The summed E-state index contributed by atoms with van der Waals surface area (Å²) in [5.74, 6) is 1.03. The van der Waals surface area contributed by atoms with Crippen LogP contribution in [-0.2, 0) is 5.75 Å². The van der Waals surface area contributed by atoms with Gasteiger partial charge in [-0.05, 0) is 24.5 Å². The summed E-state index contributed by atoms with van der Waals surface area (Å²) in [5.41, 5.74) is 10.4. The average Bonchev–Trinajstić information content (AvgIpc) is 2.48. The van der Waals surface area contributed by atoms with Crippen LogP contribution in [-0.4, -0.2) is 5.25 Å². The van der Waals surface area contributed by atoms with Crippen molar-refractivity contribution in [3.8, 4) is 0 Å². The Morgan fingerprint density at radius 3 is 2.45 bits per heavy atom. The zero-order valence-electron chi connectivity index (χ0n) is 12.3. The van der Waals surface area contributed by atoms with Gasteiger partial charge in [-0.25, -0.2) is 0 Å². The van der Waals surface area contributed by atoms with Crippen LogP contribution in [0.3, 0.4) is 0 Å². The number of aryl methyl sites for hydroxylation is 1. The third kappa shape index (κ3) is 4.12. The van der Waals surface area contributed by atoms with Gasteiger partial charge in [0.25, 0.3) is 0 Å². The van der Waals surface area contributed by atoms with Crippen LogP contribution in [0.15, 0.2) is 54.6 Å². The number of thioether (sulfide) groups is 1. The Labute approximate surface area is 126 Å². The van der Waals surface area contributed by atoms with E-state index in [1.807, 2.05) is 17.8 Å². The lowest BCUT2D eigenvalue weighted by Crippen LogP contribution is -2.23. The summed E-state index contributed by atoms with van der Waals surface area (Å²) in [6, 6.07) is 19.2. The molecule has 2 aromatic rings. The first-order valence-electron chi connectivity index (χ1n) is 7.18. The summed E-state index contributed by atoms with van der Waals surface area (Å²) in [4.78, 5) is 0. The molecule has 2 unspecified atom stereocenters. The number of hydrogen-bond acceptors (Lipinski definition) is 2. The molecule has 0 heterocycles. The zero-order chi connectivity index (χ0) is 14.4. The van der Waals surface area contributed by atoms with Crippen molar-refractivity contribution in [3.63, 3.8) is 0 Å². The second kappa shape index (κ2) is 7.51. The Morgan fingerprint density at radius 2 is 1.80 bits per heavy atom. The lowest BCUT2D eigenvalue weighted by atomic mass is 10.0. The van der Waals surface area contributed by atoms with Gasteiger partial charge in [0.05, 0.1) is 0 Å². The first kappa shape index (κ1) is 15.1. The Hall–Kier alpha value is -1.25. The van der Waals surface area contributed by atoms with E-state index >= 15 is 0 Å². The summed E-state index contributed by atoms with van der Waals surface area (Å²) >= 11 is 1.96. The van der Waals surface area contributed by atoms with Crippen LogP contribution in [0.1, 0.15) is 36.1 Å². The van der Waals surface area contributed by atoms with Crippen molar-refractivity contribution < 1.29 is 0 Å². The molecular weight excluding hydrogens is 262 g/mol. The van der Waals surface area contributed by atoms with E-state index in [4.69, 9.17) is 5.73 Å². The van der Waals surface area contributed by atoms with Crippen LogP contribution >= 0.6 is 11.8 Å². The average molecular weight is 285 g/mol. The second-order valence-corrected chi connectivity index (χ2v) is 6.41. The fourth-order valence-electron chi connectivity index (χ4n) is 2.37. The topological polar surface area (TPSA) is 26.0 Å². The molecule has 0 aliphatic carbocycles. The highest BCUT2D eigenvalue weighted by Crippen LogP contribution is 2.29. The molecule has 2 atom stereocenters. The second-order valence-electron chi connectivity index (χ2n) is 5.18. The van der Waals surface area contributed by atoms with Gasteiger partial charge in [0.2, 0.25) is 0 Å². The molecule has 0 bridgehead atoms. The molecule has 0 saturated carbocycles. The maximum Gasteiger partial charge on any atom is 0.0415 e. The molecule has 0 radical (unpaired) electrons. The lowest BCUT2D eigenvalue weighted by Gasteiger charge is -2.22. The summed E-state index contributed by atoms with van der Waals surface area (Å²) in [7, 11) is 0. The smallest absolute Gasteiger partial charge is 0.0415 e. The number of nitrogens with two attached hydrogens (primary N) is 1. The van der Waals surface area contributed by atoms with Gasteiger partial charge >= 0.3 is 0 Å². The van der Waals surface area contributed by atoms with Crippen LogP contribution in [0.5, 0.6) is 0 Å². The third-order valence-corrected chi connectivity index (χ3v) is 5.09. The molecule has 0 saturated heterocycles. The van der Waals surface area contributed by atoms with Crippen molar-refractivity contribution in [2.24, 2.45) is 5.73 Å². The molecule has 0 spiro atoms. The van der Waals surface area contributed by atoms with Gasteiger partial charge in [-0.15, -0.1) is 0 Å². The highest BCUT2D eigenvalue weighted by Gasteiger charge is 2.18. The SMILES string of the molecule is CCC(SCc1cccc(C)c1)C(N)c1ccccc1. The summed E-state index contributed by atoms with van der Waals surface area (Å²) in [5, 5.41) is 0.456. The van der Waals surface area contributed by atoms with Gasteiger partial charge in [-0.2, -0.15) is 11.8 Å². The van der Waals surface area contributed by atoms with Crippen molar-refractivity contribution in [2.45, 2.75) is 37.3 Å². The fourth-order valence-corrected chi connectivity index (χ4v) is 3.56. The van der Waals surface area contributed by atoms with E-state index in [2.05, 4.69) is 62.4 Å². The van der Waals surface area contributed by atoms with Crippen LogP contribution < -0.4 is 5.73 Å². The molecule has 2 rings (SSSR count). The molecule has 1 nitrogen and oxygen atoms in total. The molecule has 2 heteroatoms. The summed E-state index contributed by atoms with van der Waals surface area (Å²) in [6.07, 6.45) is 1.09. The van der Waals surface area contributed by atoms with E-state index in [1.54, 1.807) is 0 Å². The Morgan fingerprint density at radius 1 is 1.05 bits per heavy atom. The first-order valence-corrected chi connectivity index (χ1v) is 8.23. The van der Waals surface area contributed by atoms with Crippen molar-refractivity contribution in [1.29, 1.82) is 0 Å². The van der Waals surface area contributed by atoms with Crippen molar-refractivity contribution in [1.82, 2.24) is 0 Å². The van der Waals surface area contributed by atoms with E-state index in [1.165, 1.54) is 16.7 Å². The molecule has 2 N–H and O–H groups in total. The van der Waals surface area contributed by atoms with Gasteiger partial charge in [0.15, 0.2) is 0 Å². The lowest BCUT2D eigenvalue weighted by molar-refractivity contribution is 0.656. The van der Waals surface area contributed by atoms with E-state index in [0.29, 0.717) is 5.25 Å². The minimum absolute atomic E-state index is 0.107. The Kier molecular flexibility index (Phi) is 5.69. The zero-order valence-corrected chi connectivity index (χ0v) is 13.1. The molecule has 20 heavy (non-hydrogen) atoms. The molecule has 0 fully saturated rings. The van der Waals surface area contributed by atoms with Crippen molar-refractivity contribution in [2.75, 3.05) is 0 Å². The molecule has 2 aromatic carbocycles. The van der Waals surface area contributed by atoms with Gasteiger partial charge in [0.1, 0.15) is 0 Å². The van der Waals surface area contributed by atoms with Crippen LogP contribution in [0, 0.1) is 6.92 Å². The van der Waals surface area contributed by atoms with E-state index in [9.17, 15) is 0 Å². The first-order chi connectivity index (χ1) is 9.70. The summed E-state index contributed by atoms with van der Waals surface area (Å²) in [6.45, 7) is 4.36. The minimum atomic E-state index is 0.107. The highest BCUT2D eigenvalue weighted by molar-refractivity contribution is 7.99. The molecule has 0 aliphatic rings. The highest BCUT2D eigenvalue weighted by atomic mass is 32.2. The van der Waals surface area contributed by atoms with Gasteiger partial charge in [-0.3, -0.25) is 0 Å². The third-order valence-electron chi connectivity index (χ3n) is 3.53. The van der Waals surface area contributed by atoms with Crippen LogP contribution in [0.25, 0.3) is 0 Å². The summed E-state index contributed by atoms with van der Waals surface area (Å²) < 4.78 is 0. The quantitative estimate of drug-likeness (QED) is 0.832. The van der Waals surface area contributed by atoms with Crippen LogP contribution in [0.4, 0.5) is 0 Å². The van der Waals surface area contributed by atoms with Crippen molar-refractivity contribution in [3.05, 3.63) is 71.3 Å². The normalized spacial score (nSPS) is 13.9. The van der Waals surface area contributed by atoms with E-state index in [-0.39, 0.29) is 6.04 Å².